The molecule has 150 valence electrons. The lowest BCUT2D eigenvalue weighted by Gasteiger charge is -2.58. The molecule has 1 N–H and O–H groups in total. The number of hydrogen-bond acceptors (Lipinski definition) is 3. The van der Waals surface area contributed by atoms with E-state index >= 15 is 0 Å². The molecular weight excluding hydrogens is 356 g/mol. The van der Waals surface area contributed by atoms with Crippen LogP contribution in [-0.4, -0.2) is 22.1 Å². The van der Waals surface area contributed by atoms with E-state index in [4.69, 9.17) is 0 Å². The third-order valence-electron chi connectivity index (χ3n) is 8.10. The second-order valence-electron chi connectivity index (χ2n) is 9.33. The molecule has 8 atom stereocenters. The van der Waals surface area contributed by atoms with Gasteiger partial charge in [0.1, 0.15) is 0 Å². The summed E-state index contributed by atoms with van der Waals surface area (Å²) < 4.78 is 0. The zero-order chi connectivity index (χ0) is 20.1. The Kier molecular flexibility index (Phi) is 5.55. The zero-order valence-corrected chi connectivity index (χ0v) is 18.1. The van der Waals surface area contributed by atoms with Crippen molar-refractivity contribution in [3.05, 3.63) is 23.8 Å². The fourth-order valence-electron chi connectivity index (χ4n) is 7.22. The normalized spacial score (nSPS) is 47.8. The third-order valence-corrected chi connectivity index (χ3v) is 8.38. The van der Waals surface area contributed by atoms with E-state index in [0.717, 1.165) is 19.3 Å². The number of carbonyl (C=O) groups is 2. The molecule has 0 spiro atoms. The fraction of sp³-hybridized carbons (Fsp3) is 0.739. The highest BCUT2D eigenvalue weighted by Gasteiger charge is 2.63. The molecule has 3 fully saturated rings. The van der Waals surface area contributed by atoms with E-state index in [1.165, 1.54) is 5.57 Å². The van der Waals surface area contributed by atoms with Crippen molar-refractivity contribution < 1.29 is 14.7 Å². The topological polar surface area (TPSA) is 54.4 Å². The number of carbonyl (C=O) groups excluding carboxylic acids is 2. The second-order valence-corrected chi connectivity index (χ2v) is 9.77. The molecule has 4 heteroatoms. The maximum Gasteiger partial charge on any atom is 0.189 e. The maximum atomic E-state index is 12.2. The van der Waals surface area contributed by atoms with Gasteiger partial charge >= 0.3 is 0 Å². The highest BCUT2D eigenvalue weighted by Crippen LogP contribution is 2.67. The Morgan fingerprint density at radius 2 is 1.96 bits per heavy atom. The van der Waals surface area contributed by atoms with Gasteiger partial charge in [-0.3, -0.25) is 9.59 Å². The van der Waals surface area contributed by atoms with Gasteiger partial charge in [0.15, 0.2) is 10.9 Å². The fourth-order valence-corrected chi connectivity index (χ4v) is 7.77. The lowest BCUT2D eigenvalue weighted by Crippen LogP contribution is -2.56. The van der Waals surface area contributed by atoms with Crippen molar-refractivity contribution in [3.8, 4) is 0 Å². The number of ketones is 1. The van der Waals surface area contributed by atoms with E-state index < -0.39 is 6.10 Å². The van der Waals surface area contributed by atoms with Gasteiger partial charge in [0.25, 0.3) is 0 Å². The number of allylic oxidation sites excluding steroid dienone is 4. The van der Waals surface area contributed by atoms with Gasteiger partial charge in [0, 0.05) is 17.3 Å². The Bertz CT molecular complexity index is 696. The van der Waals surface area contributed by atoms with Gasteiger partial charge in [-0.25, -0.2) is 0 Å². The lowest BCUT2D eigenvalue weighted by molar-refractivity contribution is -0.133. The van der Waals surface area contributed by atoms with Crippen molar-refractivity contribution in [3.63, 3.8) is 0 Å². The zero-order valence-electron chi connectivity index (χ0n) is 17.2. The Labute approximate surface area is 169 Å². The first kappa shape index (κ1) is 20.9. The molecule has 0 heterocycles. The summed E-state index contributed by atoms with van der Waals surface area (Å²) in [5, 5.41) is 11.2. The minimum atomic E-state index is -0.446. The summed E-state index contributed by atoms with van der Waals surface area (Å²) in [6.45, 7) is 10.6. The van der Waals surface area contributed by atoms with Crippen LogP contribution in [0.1, 0.15) is 60.3 Å². The van der Waals surface area contributed by atoms with Gasteiger partial charge in [-0.15, -0.1) is 12.6 Å². The van der Waals surface area contributed by atoms with Gasteiger partial charge in [-0.2, -0.15) is 0 Å². The van der Waals surface area contributed by atoms with Crippen LogP contribution in [0.4, 0.5) is 0 Å². The molecule has 0 bridgehead atoms. The standard InChI is InChI=1S/C21H28O3S.C2H6/c1-11-8-15-14-5-4-12-9-13(22)6-7-20(12,2)18(14)16(23)10-21(15,3)17(11)19(24)25;1-2/h6-7,9,11,14-18,23H,4-5,8,10H2,1-3H3,(H,24,25);1-2H3. The lowest BCUT2D eigenvalue weighted by atomic mass is 9.47. The summed E-state index contributed by atoms with van der Waals surface area (Å²) >= 11 is 4.19. The average molecular weight is 391 g/mol. The molecular formula is C23H34O3S. The van der Waals surface area contributed by atoms with Crippen LogP contribution in [0, 0.1) is 40.4 Å². The predicted molar refractivity (Wildman–Crippen MR) is 111 cm³/mol. The van der Waals surface area contributed by atoms with E-state index in [1.54, 1.807) is 12.2 Å². The van der Waals surface area contributed by atoms with E-state index in [9.17, 15) is 14.7 Å². The smallest absolute Gasteiger partial charge is 0.189 e. The summed E-state index contributed by atoms with van der Waals surface area (Å²) in [7, 11) is 0. The first-order valence-corrected chi connectivity index (χ1v) is 11.0. The van der Waals surface area contributed by atoms with Gasteiger partial charge in [0.2, 0.25) is 0 Å². The van der Waals surface area contributed by atoms with Gasteiger partial charge in [0.05, 0.1) is 6.10 Å². The van der Waals surface area contributed by atoms with Crippen molar-refractivity contribution in [2.75, 3.05) is 0 Å². The number of rotatable bonds is 1. The molecule has 0 aromatic carbocycles. The summed E-state index contributed by atoms with van der Waals surface area (Å²) in [4.78, 5) is 24.1. The van der Waals surface area contributed by atoms with Gasteiger partial charge in [-0.1, -0.05) is 46.3 Å². The number of hydrogen-bond donors (Lipinski definition) is 2. The Morgan fingerprint density at radius 1 is 1.30 bits per heavy atom. The molecule has 0 aromatic rings. The van der Waals surface area contributed by atoms with Crippen LogP contribution in [0.2, 0.25) is 0 Å². The van der Waals surface area contributed by atoms with Crippen molar-refractivity contribution >= 4 is 23.5 Å². The first-order chi connectivity index (χ1) is 12.7. The molecule has 0 radical (unpaired) electrons. The highest BCUT2D eigenvalue weighted by atomic mass is 32.1. The van der Waals surface area contributed by atoms with Gasteiger partial charge < -0.3 is 5.11 Å². The molecule has 27 heavy (non-hydrogen) atoms. The molecule has 3 saturated carbocycles. The molecule has 0 amide bonds. The molecule has 0 saturated heterocycles. The number of aliphatic hydroxyl groups is 1. The van der Waals surface area contributed by atoms with Crippen molar-refractivity contribution in [1.29, 1.82) is 0 Å². The third kappa shape index (κ3) is 2.98. The second kappa shape index (κ2) is 7.18. The minimum absolute atomic E-state index is 0.0195. The highest BCUT2D eigenvalue weighted by molar-refractivity contribution is 7.96. The van der Waals surface area contributed by atoms with E-state index in [2.05, 4.69) is 33.4 Å². The molecule has 0 aliphatic heterocycles. The Hall–Kier alpha value is -0.870. The van der Waals surface area contributed by atoms with Crippen LogP contribution in [0.5, 0.6) is 0 Å². The number of thiol groups is 1. The van der Waals surface area contributed by atoms with Crippen LogP contribution in [-0.2, 0) is 9.59 Å². The summed E-state index contributed by atoms with van der Waals surface area (Å²) in [6, 6.07) is 0. The quantitative estimate of drug-likeness (QED) is 0.643. The van der Waals surface area contributed by atoms with Crippen molar-refractivity contribution in [2.45, 2.75) is 66.4 Å². The SMILES string of the molecule is CC.CC1CC2C3CCC4=CC(=O)C=CC4(C)C3C(O)CC2(C)C1C(=O)S. The van der Waals surface area contributed by atoms with Crippen LogP contribution >= 0.6 is 12.6 Å². The number of fused-ring (bicyclic) bond motifs is 5. The van der Waals surface area contributed by atoms with Crippen LogP contribution in [0.3, 0.4) is 0 Å². The molecule has 4 aliphatic carbocycles. The van der Waals surface area contributed by atoms with Crippen LogP contribution < -0.4 is 0 Å². The van der Waals surface area contributed by atoms with Crippen molar-refractivity contribution in [1.82, 2.24) is 0 Å². The summed E-state index contributed by atoms with van der Waals surface area (Å²) in [5.41, 5.74) is 0.783. The average Bonchev–Trinajstić information content (AvgIpc) is 2.86. The van der Waals surface area contributed by atoms with Crippen molar-refractivity contribution in [2.24, 2.45) is 40.4 Å². The Morgan fingerprint density at radius 3 is 2.59 bits per heavy atom. The monoisotopic (exact) mass is 390 g/mol. The van der Waals surface area contributed by atoms with E-state index in [-0.39, 0.29) is 33.6 Å². The summed E-state index contributed by atoms with van der Waals surface area (Å²) in [5.74, 6) is 1.30. The van der Waals surface area contributed by atoms with Crippen LogP contribution in [0.15, 0.2) is 23.8 Å². The number of aliphatic hydroxyl groups excluding tert-OH is 1. The molecule has 3 nitrogen and oxygen atoms in total. The van der Waals surface area contributed by atoms with E-state index in [1.807, 2.05) is 19.9 Å². The largest absolute Gasteiger partial charge is 0.393 e. The maximum absolute atomic E-state index is 12.2. The molecule has 4 aliphatic rings. The molecule has 0 aromatic heterocycles. The Balaban J connectivity index is 0.00000102. The minimum Gasteiger partial charge on any atom is -0.393 e. The molecule has 4 rings (SSSR count). The summed E-state index contributed by atoms with van der Waals surface area (Å²) in [6.07, 6.45) is 8.67. The van der Waals surface area contributed by atoms with E-state index in [0.29, 0.717) is 24.2 Å². The van der Waals surface area contributed by atoms with Gasteiger partial charge in [-0.05, 0) is 61.0 Å². The van der Waals surface area contributed by atoms with Crippen LogP contribution in [0.25, 0.3) is 0 Å². The predicted octanol–water partition coefficient (Wildman–Crippen LogP) is 4.61. The first-order valence-electron chi connectivity index (χ1n) is 10.5. The molecule has 8 unspecified atom stereocenters.